The molecule has 0 saturated carbocycles. The van der Waals surface area contributed by atoms with Crippen molar-refractivity contribution in [2.45, 2.75) is 19.7 Å². The first-order valence-electron chi connectivity index (χ1n) is 6.09. The lowest BCUT2D eigenvalue weighted by Gasteiger charge is -2.11. The molecule has 0 aliphatic carbocycles. The molecule has 2 aromatic rings. The molecule has 0 aliphatic rings. The average Bonchev–Trinajstić information content (AvgIpc) is 2.43. The largest absolute Gasteiger partial charge is 0.457 e. The van der Waals surface area contributed by atoms with Crippen molar-refractivity contribution >= 4 is 17.3 Å². The van der Waals surface area contributed by atoms with Gasteiger partial charge in [-0.05, 0) is 43.2 Å². The first-order valence-corrected chi connectivity index (χ1v) is 6.63. The third kappa shape index (κ3) is 3.08. The van der Waals surface area contributed by atoms with E-state index in [0.29, 0.717) is 17.1 Å². The Kier molecular flexibility index (Phi) is 4.25. The van der Waals surface area contributed by atoms with Crippen LogP contribution in [0.4, 0.5) is 5.69 Å². The molecule has 0 heterocycles. The number of nitro groups is 1. The minimum absolute atomic E-state index is 0.00749. The molecule has 2 rings (SSSR count). The molecule has 0 atom stereocenters. The first-order chi connectivity index (χ1) is 9.51. The van der Waals surface area contributed by atoms with Gasteiger partial charge in [0.1, 0.15) is 11.5 Å². The molecule has 4 nitrogen and oxygen atoms in total. The van der Waals surface area contributed by atoms with Crippen LogP contribution in [0.3, 0.4) is 0 Å². The van der Waals surface area contributed by atoms with Crippen LogP contribution in [-0.2, 0) is 5.88 Å². The molecule has 0 fully saturated rings. The maximum atomic E-state index is 10.7. The summed E-state index contributed by atoms with van der Waals surface area (Å²) in [7, 11) is 0. The summed E-state index contributed by atoms with van der Waals surface area (Å²) >= 11 is 5.83. The number of nitro benzene ring substituents is 1. The van der Waals surface area contributed by atoms with Crippen molar-refractivity contribution in [3.63, 3.8) is 0 Å². The molecule has 20 heavy (non-hydrogen) atoms. The van der Waals surface area contributed by atoms with E-state index in [0.717, 1.165) is 5.56 Å². The van der Waals surface area contributed by atoms with Gasteiger partial charge in [0.15, 0.2) is 0 Å². The Balaban J connectivity index is 2.32. The minimum atomic E-state index is -0.449. The van der Waals surface area contributed by atoms with E-state index < -0.39 is 4.92 Å². The summed E-state index contributed by atoms with van der Waals surface area (Å²) in [6, 6.07) is 10.2. The van der Waals surface area contributed by atoms with Crippen LogP contribution in [0.25, 0.3) is 0 Å². The number of alkyl halides is 1. The number of benzene rings is 2. The van der Waals surface area contributed by atoms with E-state index in [-0.39, 0.29) is 11.6 Å². The second-order valence-electron chi connectivity index (χ2n) is 4.53. The molecule has 0 unspecified atom stereocenters. The zero-order valence-corrected chi connectivity index (χ0v) is 12.0. The van der Waals surface area contributed by atoms with E-state index in [1.807, 2.05) is 32.0 Å². The Hall–Kier alpha value is -2.07. The van der Waals surface area contributed by atoms with E-state index in [4.69, 9.17) is 16.3 Å². The van der Waals surface area contributed by atoms with Crippen molar-refractivity contribution in [2.75, 3.05) is 0 Å². The highest BCUT2D eigenvalue weighted by Gasteiger charge is 2.12. The highest BCUT2D eigenvalue weighted by atomic mass is 35.5. The molecular formula is C15H14ClNO3. The smallest absolute Gasteiger partial charge is 0.270 e. The van der Waals surface area contributed by atoms with Crippen molar-refractivity contribution in [3.8, 4) is 11.5 Å². The van der Waals surface area contributed by atoms with Gasteiger partial charge in [-0.2, -0.15) is 0 Å². The number of non-ortho nitro benzene ring substituents is 1. The monoisotopic (exact) mass is 291 g/mol. The number of rotatable bonds is 4. The highest BCUT2D eigenvalue weighted by Crippen LogP contribution is 2.30. The van der Waals surface area contributed by atoms with Gasteiger partial charge in [0.2, 0.25) is 0 Å². The third-order valence-corrected chi connectivity index (χ3v) is 3.39. The van der Waals surface area contributed by atoms with Crippen molar-refractivity contribution in [3.05, 3.63) is 63.2 Å². The Morgan fingerprint density at radius 1 is 1.15 bits per heavy atom. The Bertz CT molecular complexity index is 656. The summed E-state index contributed by atoms with van der Waals surface area (Å²) in [5.74, 6) is 1.38. The van der Waals surface area contributed by atoms with Gasteiger partial charge in [-0.15, -0.1) is 11.6 Å². The zero-order chi connectivity index (χ0) is 14.7. The third-order valence-electron chi connectivity index (χ3n) is 3.11. The minimum Gasteiger partial charge on any atom is -0.457 e. The van der Waals surface area contributed by atoms with Crippen LogP contribution < -0.4 is 4.74 Å². The van der Waals surface area contributed by atoms with Crippen LogP contribution in [0.5, 0.6) is 11.5 Å². The lowest BCUT2D eigenvalue weighted by atomic mass is 10.1. The van der Waals surface area contributed by atoms with Gasteiger partial charge in [-0.3, -0.25) is 10.1 Å². The number of ether oxygens (including phenoxy) is 1. The fourth-order valence-electron chi connectivity index (χ4n) is 1.79. The zero-order valence-electron chi connectivity index (χ0n) is 11.2. The fourth-order valence-corrected chi connectivity index (χ4v) is 2.00. The van der Waals surface area contributed by atoms with Gasteiger partial charge >= 0.3 is 0 Å². The number of halogens is 1. The summed E-state index contributed by atoms with van der Waals surface area (Å²) in [5.41, 5.74) is 2.91. The molecule has 0 aromatic heterocycles. The van der Waals surface area contributed by atoms with Crippen LogP contribution in [-0.4, -0.2) is 4.92 Å². The Morgan fingerprint density at radius 3 is 2.50 bits per heavy atom. The Labute approximate surface area is 122 Å². The molecule has 104 valence electrons. The van der Waals surface area contributed by atoms with Gasteiger partial charge < -0.3 is 4.74 Å². The maximum Gasteiger partial charge on any atom is 0.270 e. The summed E-state index contributed by atoms with van der Waals surface area (Å²) < 4.78 is 5.76. The number of nitrogens with zero attached hydrogens (tertiary/aromatic N) is 1. The Morgan fingerprint density at radius 2 is 1.90 bits per heavy atom. The van der Waals surface area contributed by atoms with Crippen molar-refractivity contribution in [1.82, 2.24) is 0 Å². The van der Waals surface area contributed by atoms with Crippen LogP contribution in [0.1, 0.15) is 16.7 Å². The highest BCUT2D eigenvalue weighted by molar-refractivity contribution is 6.17. The molecule has 0 N–H and O–H groups in total. The van der Waals surface area contributed by atoms with E-state index in [9.17, 15) is 10.1 Å². The molecular weight excluding hydrogens is 278 g/mol. The SMILES string of the molecule is Cc1ccc(Oc2ccc([N+](=O)[O-])cc2CCl)cc1C. The summed E-state index contributed by atoms with van der Waals surface area (Å²) in [6.45, 7) is 4.02. The summed E-state index contributed by atoms with van der Waals surface area (Å²) in [4.78, 5) is 10.3. The quantitative estimate of drug-likeness (QED) is 0.464. The number of hydrogen-bond acceptors (Lipinski definition) is 3. The van der Waals surface area contributed by atoms with E-state index in [1.54, 1.807) is 6.07 Å². The summed E-state index contributed by atoms with van der Waals surface area (Å²) in [5, 5.41) is 10.7. The second kappa shape index (κ2) is 5.92. The molecule has 0 radical (unpaired) electrons. The predicted octanol–water partition coefficient (Wildman–Crippen LogP) is 4.74. The topological polar surface area (TPSA) is 52.4 Å². The molecule has 2 aromatic carbocycles. The van der Waals surface area contributed by atoms with Gasteiger partial charge in [0, 0.05) is 17.7 Å². The predicted molar refractivity (Wildman–Crippen MR) is 78.6 cm³/mol. The van der Waals surface area contributed by atoms with Crippen LogP contribution in [0.15, 0.2) is 36.4 Å². The van der Waals surface area contributed by atoms with Crippen molar-refractivity contribution < 1.29 is 9.66 Å². The second-order valence-corrected chi connectivity index (χ2v) is 4.80. The van der Waals surface area contributed by atoms with E-state index >= 15 is 0 Å². The van der Waals surface area contributed by atoms with Crippen molar-refractivity contribution in [1.29, 1.82) is 0 Å². The van der Waals surface area contributed by atoms with Crippen LogP contribution in [0, 0.1) is 24.0 Å². The molecule has 0 amide bonds. The van der Waals surface area contributed by atoms with Crippen molar-refractivity contribution in [2.24, 2.45) is 0 Å². The van der Waals surface area contributed by atoms with Gasteiger partial charge in [0.25, 0.3) is 5.69 Å². The normalized spacial score (nSPS) is 10.3. The molecule has 5 heteroatoms. The lowest BCUT2D eigenvalue weighted by Crippen LogP contribution is -1.94. The van der Waals surface area contributed by atoms with Crippen LogP contribution >= 0.6 is 11.6 Å². The van der Waals surface area contributed by atoms with Gasteiger partial charge in [0.05, 0.1) is 10.8 Å². The number of hydrogen-bond donors (Lipinski definition) is 0. The first kappa shape index (κ1) is 14.3. The molecule has 0 spiro atoms. The average molecular weight is 292 g/mol. The van der Waals surface area contributed by atoms with Gasteiger partial charge in [-0.25, -0.2) is 0 Å². The van der Waals surface area contributed by atoms with E-state index in [2.05, 4.69) is 0 Å². The van der Waals surface area contributed by atoms with Crippen LogP contribution in [0.2, 0.25) is 0 Å². The van der Waals surface area contributed by atoms with Gasteiger partial charge in [-0.1, -0.05) is 6.07 Å². The summed E-state index contributed by atoms with van der Waals surface area (Å²) in [6.07, 6.45) is 0. The maximum absolute atomic E-state index is 10.7. The standard InChI is InChI=1S/C15H14ClNO3/c1-10-3-5-14(7-11(10)2)20-15-6-4-13(17(18)19)8-12(15)9-16/h3-8H,9H2,1-2H3. The molecule has 0 saturated heterocycles. The fraction of sp³-hybridized carbons (Fsp3) is 0.200. The number of aryl methyl sites for hydroxylation is 2. The molecule has 0 aliphatic heterocycles. The lowest BCUT2D eigenvalue weighted by molar-refractivity contribution is -0.384. The molecule has 0 bridgehead atoms. The van der Waals surface area contributed by atoms with E-state index in [1.165, 1.54) is 17.7 Å².